The fraction of sp³-hybridized carbons (Fsp3) is 0.588. The number of hydrogen-bond donors (Lipinski definition) is 10. The summed E-state index contributed by atoms with van der Waals surface area (Å²) in [6.45, 7) is -0.123. The van der Waals surface area contributed by atoms with E-state index in [2.05, 4.69) is 10.6 Å². The van der Waals surface area contributed by atoms with Crippen molar-refractivity contribution >= 4 is 11.8 Å². The number of amides is 2. The minimum absolute atomic E-state index is 0.295. The Morgan fingerprint density at radius 3 is 1.29 bits per heavy atom. The van der Waals surface area contributed by atoms with Gasteiger partial charge in [-0.05, 0) is 48.2 Å². The Bertz CT molecular complexity index is 1230. The van der Waals surface area contributed by atoms with Crippen LogP contribution in [0, 0.1) is 0 Å². The third kappa shape index (κ3) is 9.36. The van der Waals surface area contributed by atoms with E-state index in [-0.39, 0.29) is 11.8 Å². The molecule has 10 atom stereocenters. The number of aliphatic hydroxyl groups excluding tert-OH is 8. The van der Waals surface area contributed by atoms with Gasteiger partial charge in [-0.15, -0.1) is 0 Å². The predicted molar refractivity (Wildman–Crippen MR) is 171 cm³/mol. The summed E-state index contributed by atoms with van der Waals surface area (Å²) in [4.78, 5) is 25.4. The average molecular weight is 677 g/mol. The summed E-state index contributed by atoms with van der Waals surface area (Å²) >= 11 is 0. The second kappa shape index (κ2) is 18.1. The van der Waals surface area contributed by atoms with Gasteiger partial charge in [-0.3, -0.25) is 9.59 Å². The first-order valence-corrected chi connectivity index (χ1v) is 16.4. The summed E-state index contributed by atoms with van der Waals surface area (Å²) in [7, 11) is 0. The number of aliphatic hydroxyl groups is 8. The molecular weight excluding hydrogens is 628 g/mol. The van der Waals surface area contributed by atoms with E-state index in [0.717, 1.165) is 38.5 Å². The van der Waals surface area contributed by atoms with Crippen molar-refractivity contribution in [3.8, 4) is 0 Å². The van der Waals surface area contributed by atoms with Crippen LogP contribution in [0.1, 0.15) is 82.6 Å². The minimum atomic E-state index is -1.50. The molecule has 2 heterocycles. The van der Waals surface area contributed by atoms with Crippen LogP contribution in [0.15, 0.2) is 48.5 Å². The third-order valence-electron chi connectivity index (χ3n) is 8.91. The summed E-state index contributed by atoms with van der Waals surface area (Å²) in [5, 5.41) is 85.6. The summed E-state index contributed by atoms with van der Waals surface area (Å²) in [5.41, 5.74) is 1.59. The highest BCUT2D eigenvalue weighted by Gasteiger charge is 2.45. The zero-order chi connectivity index (χ0) is 34.8. The van der Waals surface area contributed by atoms with Crippen molar-refractivity contribution in [2.75, 3.05) is 26.3 Å². The molecule has 2 aliphatic heterocycles. The summed E-state index contributed by atoms with van der Waals surface area (Å²) in [6, 6.07) is 12.9. The van der Waals surface area contributed by atoms with Crippen molar-refractivity contribution in [1.82, 2.24) is 10.6 Å². The van der Waals surface area contributed by atoms with Crippen LogP contribution in [-0.4, -0.2) is 128 Å². The van der Waals surface area contributed by atoms with Crippen LogP contribution in [0.4, 0.5) is 0 Å². The molecule has 0 bridgehead atoms. The number of carbonyl (C=O) groups excluding carboxylic acids is 2. The van der Waals surface area contributed by atoms with E-state index in [9.17, 15) is 50.4 Å². The maximum atomic E-state index is 12.7. The quantitative estimate of drug-likeness (QED) is 0.105. The van der Waals surface area contributed by atoms with Crippen LogP contribution in [0.2, 0.25) is 0 Å². The minimum Gasteiger partial charge on any atom is -0.394 e. The zero-order valence-electron chi connectivity index (χ0n) is 26.7. The first-order valence-electron chi connectivity index (χ1n) is 16.4. The highest BCUT2D eigenvalue weighted by atomic mass is 16.6. The predicted octanol–water partition coefficient (Wildman–Crippen LogP) is -0.783. The Kier molecular flexibility index (Phi) is 14.3. The molecule has 0 aromatic heterocycles. The maximum Gasteiger partial charge on any atom is 0.251 e. The van der Waals surface area contributed by atoms with E-state index in [1.54, 1.807) is 48.5 Å². The van der Waals surface area contributed by atoms with Crippen molar-refractivity contribution in [2.24, 2.45) is 0 Å². The smallest absolute Gasteiger partial charge is 0.251 e. The molecule has 2 aromatic carbocycles. The van der Waals surface area contributed by atoms with Crippen molar-refractivity contribution in [2.45, 2.75) is 99.6 Å². The van der Waals surface area contributed by atoms with Gasteiger partial charge in [0.05, 0.1) is 13.2 Å². The lowest BCUT2D eigenvalue weighted by Crippen LogP contribution is -2.55. The van der Waals surface area contributed by atoms with Crippen LogP contribution in [0.5, 0.6) is 0 Å². The fourth-order valence-corrected chi connectivity index (χ4v) is 6.03. The lowest BCUT2D eigenvalue weighted by molar-refractivity contribution is -0.231. The first kappa shape index (κ1) is 37.8. The van der Waals surface area contributed by atoms with Gasteiger partial charge >= 0.3 is 0 Å². The normalized spacial score (nSPS) is 30.5. The van der Waals surface area contributed by atoms with Gasteiger partial charge in [-0.2, -0.15) is 0 Å². The molecule has 266 valence electrons. The van der Waals surface area contributed by atoms with Crippen LogP contribution in [0.3, 0.4) is 0 Å². The van der Waals surface area contributed by atoms with Crippen LogP contribution in [0.25, 0.3) is 0 Å². The number of carbonyl (C=O) groups is 2. The van der Waals surface area contributed by atoms with E-state index in [4.69, 9.17) is 9.47 Å². The lowest BCUT2D eigenvalue weighted by Gasteiger charge is -2.40. The molecule has 4 rings (SSSR count). The molecule has 14 nitrogen and oxygen atoms in total. The van der Waals surface area contributed by atoms with E-state index in [1.807, 2.05) is 0 Å². The Hall–Kier alpha value is -3.02. The number of nitrogens with one attached hydrogen (secondary N) is 2. The highest BCUT2D eigenvalue weighted by Crippen LogP contribution is 2.34. The topological polar surface area (TPSA) is 238 Å². The molecule has 2 saturated heterocycles. The molecule has 2 aliphatic rings. The van der Waals surface area contributed by atoms with Crippen molar-refractivity contribution in [3.05, 3.63) is 70.8 Å². The first-order chi connectivity index (χ1) is 23.1. The number of benzene rings is 2. The van der Waals surface area contributed by atoms with Gasteiger partial charge in [0.2, 0.25) is 0 Å². The molecule has 14 heteroatoms. The molecule has 0 radical (unpaired) electrons. The van der Waals surface area contributed by atoms with Gasteiger partial charge in [0, 0.05) is 24.2 Å². The zero-order valence-corrected chi connectivity index (χ0v) is 26.7. The number of unbranched alkanes of at least 4 members (excludes halogenated alkanes) is 5. The summed E-state index contributed by atoms with van der Waals surface area (Å²) < 4.78 is 11.2. The van der Waals surface area contributed by atoms with Crippen LogP contribution < -0.4 is 10.6 Å². The molecule has 0 spiro atoms. The van der Waals surface area contributed by atoms with Crippen LogP contribution in [-0.2, 0) is 9.47 Å². The molecule has 2 aromatic rings. The van der Waals surface area contributed by atoms with Gasteiger partial charge in [0.15, 0.2) is 0 Å². The van der Waals surface area contributed by atoms with E-state index in [1.165, 1.54) is 0 Å². The maximum absolute atomic E-state index is 12.7. The van der Waals surface area contributed by atoms with E-state index in [0.29, 0.717) is 35.3 Å². The summed E-state index contributed by atoms with van der Waals surface area (Å²) in [6.07, 6.45) is -7.61. The lowest BCUT2D eigenvalue weighted by atomic mass is 9.90. The Labute approximate surface area is 279 Å². The molecular formula is C34H48N2O12. The summed E-state index contributed by atoms with van der Waals surface area (Å²) in [5.74, 6) is -0.591. The van der Waals surface area contributed by atoms with Crippen molar-refractivity contribution in [1.29, 1.82) is 0 Å². The van der Waals surface area contributed by atoms with Gasteiger partial charge in [-0.25, -0.2) is 0 Å². The fourth-order valence-electron chi connectivity index (χ4n) is 6.03. The molecule has 48 heavy (non-hydrogen) atoms. The number of hydrogen-bond acceptors (Lipinski definition) is 12. The van der Waals surface area contributed by atoms with Crippen molar-refractivity contribution in [3.63, 3.8) is 0 Å². The second-order valence-corrected chi connectivity index (χ2v) is 12.4. The largest absolute Gasteiger partial charge is 0.394 e. The molecule has 0 unspecified atom stereocenters. The SMILES string of the molecule is O=C(NCCCCCCCCNC(=O)c1cccc([C@H]2O[C@H](CO)[C@@H](O)[C@H](O)[C@@H]2O)c1)c1cccc([C@H]2O[C@H](CO)[C@@H](O)[C@H](O)[C@@H]2O)c1. The monoisotopic (exact) mass is 676 g/mol. The van der Waals surface area contributed by atoms with Crippen LogP contribution >= 0.6 is 0 Å². The Morgan fingerprint density at radius 1 is 0.542 bits per heavy atom. The van der Waals surface area contributed by atoms with E-state index < -0.39 is 74.3 Å². The highest BCUT2D eigenvalue weighted by molar-refractivity contribution is 5.94. The standard InChI is InChI=1S/C34H48N2O12/c37-17-23-25(39)27(41)29(43)31(47-23)19-9-7-11-21(15-19)33(45)35-13-5-3-1-2-4-6-14-36-34(46)22-12-8-10-20(16-22)32-30(44)28(42)26(40)24(18-38)48-32/h7-12,15-16,23-32,37-44H,1-6,13-14,17-18H2,(H,35,45)(H,36,46)/t23-,24-,25-,26-,27+,28+,29+,30+,31-,32-/m1/s1. The Balaban J connectivity index is 1.10. The molecule has 0 aliphatic carbocycles. The van der Waals surface area contributed by atoms with E-state index >= 15 is 0 Å². The van der Waals surface area contributed by atoms with Crippen molar-refractivity contribution < 1.29 is 59.9 Å². The molecule has 0 saturated carbocycles. The third-order valence-corrected chi connectivity index (χ3v) is 8.91. The average Bonchev–Trinajstić information content (AvgIpc) is 3.10. The number of rotatable bonds is 15. The molecule has 2 amide bonds. The van der Waals surface area contributed by atoms with Gasteiger partial charge in [0.1, 0.15) is 61.0 Å². The van der Waals surface area contributed by atoms with Gasteiger partial charge in [-0.1, -0.05) is 49.9 Å². The van der Waals surface area contributed by atoms with Gasteiger partial charge in [0.25, 0.3) is 11.8 Å². The number of ether oxygens (including phenoxy) is 2. The second-order valence-electron chi connectivity index (χ2n) is 12.4. The van der Waals surface area contributed by atoms with Gasteiger partial charge < -0.3 is 61.0 Å². The molecule has 10 N–H and O–H groups in total. The Morgan fingerprint density at radius 2 is 0.917 bits per heavy atom. The molecule has 2 fully saturated rings.